The molecule has 0 aliphatic rings. The van der Waals surface area contributed by atoms with E-state index < -0.39 is 5.41 Å². The van der Waals surface area contributed by atoms with Crippen LogP contribution in [0.1, 0.15) is 33.3 Å². The summed E-state index contributed by atoms with van der Waals surface area (Å²) >= 11 is 0. The summed E-state index contributed by atoms with van der Waals surface area (Å²) in [6.07, 6.45) is 0.327. The normalized spacial score (nSPS) is 12.6. The summed E-state index contributed by atoms with van der Waals surface area (Å²) < 4.78 is 11.9. The Morgan fingerprint density at radius 2 is 1.38 bits per heavy atom. The molecule has 0 saturated carbocycles. The van der Waals surface area contributed by atoms with Crippen molar-refractivity contribution in [1.82, 2.24) is 0 Å². The maximum atomic E-state index is 5.97. The minimum Gasteiger partial charge on any atom is -0.348 e. The third-order valence-corrected chi connectivity index (χ3v) is 3.27. The largest absolute Gasteiger partial charge is 0.348 e. The van der Waals surface area contributed by atoms with Gasteiger partial charge in [-0.25, -0.2) is 0 Å². The van der Waals surface area contributed by atoms with E-state index in [1.807, 2.05) is 45.9 Å². The van der Waals surface area contributed by atoms with E-state index in [-0.39, 0.29) is 12.2 Å². The molecule has 0 aliphatic heterocycles. The van der Waals surface area contributed by atoms with Gasteiger partial charge < -0.3 is 9.47 Å². The van der Waals surface area contributed by atoms with Crippen LogP contribution in [0, 0.1) is 0 Å². The van der Waals surface area contributed by atoms with Gasteiger partial charge in [0.2, 0.25) is 0 Å². The quantitative estimate of drug-likeness (QED) is 0.577. The van der Waals surface area contributed by atoms with E-state index in [2.05, 4.69) is 12.1 Å². The number of rotatable bonds is 5. The SMILES string of the molecule is CC(C)OC([SiH3])(OC(C)C)c1ccccc1. The van der Waals surface area contributed by atoms with Gasteiger partial charge in [-0.05, 0) is 27.7 Å². The molecular formula is C13H22O2Si. The van der Waals surface area contributed by atoms with E-state index in [0.717, 1.165) is 15.8 Å². The predicted octanol–water partition coefficient (Wildman–Crippen LogP) is 2.01. The smallest absolute Gasteiger partial charge is 0.166 e. The second-order valence-corrected chi connectivity index (χ2v) is 5.96. The van der Waals surface area contributed by atoms with E-state index in [4.69, 9.17) is 9.47 Å². The number of ether oxygens (including phenoxy) is 2. The molecule has 0 heterocycles. The highest BCUT2D eigenvalue weighted by molar-refractivity contribution is 6.13. The lowest BCUT2D eigenvalue weighted by Gasteiger charge is -2.34. The number of hydrogen-bond acceptors (Lipinski definition) is 2. The van der Waals surface area contributed by atoms with Crippen LogP contribution in [0.3, 0.4) is 0 Å². The Bertz CT molecular complexity index is 299. The van der Waals surface area contributed by atoms with E-state index in [9.17, 15) is 0 Å². The fourth-order valence-corrected chi connectivity index (χ4v) is 3.08. The first-order chi connectivity index (χ1) is 7.44. The molecule has 0 saturated heterocycles. The number of hydrogen-bond donors (Lipinski definition) is 0. The van der Waals surface area contributed by atoms with Crippen LogP contribution in [-0.2, 0) is 14.9 Å². The Labute approximate surface area is 101 Å². The summed E-state index contributed by atoms with van der Waals surface area (Å²) in [6.45, 7) is 8.16. The second-order valence-electron chi connectivity index (χ2n) is 4.64. The maximum absolute atomic E-state index is 5.97. The molecule has 0 fully saturated rings. The van der Waals surface area contributed by atoms with Crippen molar-refractivity contribution in [3.05, 3.63) is 35.9 Å². The van der Waals surface area contributed by atoms with Crippen LogP contribution in [0.15, 0.2) is 30.3 Å². The first kappa shape index (κ1) is 13.4. The lowest BCUT2D eigenvalue weighted by atomic mass is 10.2. The lowest BCUT2D eigenvalue weighted by molar-refractivity contribution is -0.222. The van der Waals surface area contributed by atoms with Gasteiger partial charge in [-0.15, -0.1) is 0 Å². The van der Waals surface area contributed by atoms with Crippen molar-refractivity contribution in [3.8, 4) is 0 Å². The Kier molecular flexibility index (Phi) is 4.71. The van der Waals surface area contributed by atoms with Gasteiger partial charge >= 0.3 is 0 Å². The van der Waals surface area contributed by atoms with Gasteiger partial charge in [0, 0.05) is 5.56 Å². The third kappa shape index (κ3) is 3.74. The molecule has 0 unspecified atom stereocenters. The topological polar surface area (TPSA) is 18.5 Å². The molecule has 1 rings (SSSR count). The van der Waals surface area contributed by atoms with Crippen LogP contribution in [0.25, 0.3) is 0 Å². The van der Waals surface area contributed by atoms with Gasteiger partial charge in [0.05, 0.1) is 22.5 Å². The second kappa shape index (κ2) is 5.62. The molecule has 0 bridgehead atoms. The van der Waals surface area contributed by atoms with Gasteiger partial charge in [0.15, 0.2) is 5.41 Å². The van der Waals surface area contributed by atoms with E-state index in [1.54, 1.807) is 0 Å². The average molecular weight is 238 g/mol. The first-order valence-corrected chi connectivity index (χ1v) is 6.85. The van der Waals surface area contributed by atoms with Crippen molar-refractivity contribution in [1.29, 1.82) is 0 Å². The van der Waals surface area contributed by atoms with Crippen LogP contribution in [0.5, 0.6) is 0 Å². The highest BCUT2D eigenvalue weighted by Crippen LogP contribution is 2.26. The first-order valence-electron chi connectivity index (χ1n) is 5.85. The van der Waals surface area contributed by atoms with Gasteiger partial charge in [0.1, 0.15) is 0 Å². The molecule has 1 aromatic carbocycles. The average Bonchev–Trinajstić information content (AvgIpc) is 2.16. The zero-order valence-corrected chi connectivity index (χ0v) is 12.9. The van der Waals surface area contributed by atoms with Gasteiger partial charge in [-0.2, -0.15) is 0 Å². The standard InChI is InChI=1S/C13H22O2Si/c1-10(2)14-13(16,15-11(3)4)12-8-6-5-7-9-12/h5-11H,1-4,16H3. The molecule has 3 heteroatoms. The molecule has 0 atom stereocenters. The summed E-state index contributed by atoms with van der Waals surface area (Å²) in [4.78, 5) is 0. The van der Waals surface area contributed by atoms with Crippen molar-refractivity contribution < 1.29 is 9.47 Å². The Balaban J connectivity index is 2.95. The lowest BCUT2D eigenvalue weighted by Crippen LogP contribution is -2.38. The maximum Gasteiger partial charge on any atom is 0.166 e. The van der Waals surface area contributed by atoms with Crippen LogP contribution < -0.4 is 0 Å². The predicted molar refractivity (Wildman–Crippen MR) is 70.5 cm³/mol. The number of benzene rings is 1. The third-order valence-electron chi connectivity index (χ3n) is 2.22. The molecule has 0 spiro atoms. The molecule has 90 valence electrons. The van der Waals surface area contributed by atoms with Crippen molar-refractivity contribution in [2.45, 2.75) is 45.3 Å². The van der Waals surface area contributed by atoms with Gasteiger partial charge in [0.25, 0.3) is 0 Å². The van der Waals surface area contributed by atoms with Crippen LogP contribution >= 0.6 is 0 Å². The van der Waals surface area contributed by atoms with Crippen molar-refractivity contribution in [2.24, 2.45) is 0 Å². The highest BCUT2D eigenvalue weighted by Gasteiger charge is 2.30. The molecule has 0 amide bonds. The van der Waals surface area contributed by atoms with E-state index in [0.29, 0.717) is 0 Å². The van der Waals surface area contributed by atoms with E-state index >= 15 is 0 Å². The fourth-order valence-electron chi connectivity index (χ4n) is 1.80. The zero-order valence-electron chi connectivity index (χ0n) is 10.9. The van der Waals surface area contributed by atoms with Crippen molar-refractivity contribution in [2.75, 3.05) is 0 Å². The minimum absolute atomic E-state index is 0.163. The van der Waals surface area contributed by atoms with Gasteiger partial charge in [-0.1, -0.05) is 30.3 Å². The van der Waals surface area contributed by atoms with Gasteiger partial charge in [-0.3, -0.25) is 0 Å². The zero-order chi connectivity index (χ0) is 12.2. The molecule has 0 aromatic heterocycles. The Morgan fingerprint density at radius 3 is 1.75 bits per heavy atom. The van der Waals surface area contributed by atoms with Crippen LogP contribution in [0.4, 0.5) is 0 Å². The summed E-state index contributed by atoms with van der Waals surface area (Å²) in [7, 11) is 0.807. The van der Waals surface area contributed by atoms with Crippen LogP contribution in [-0.4, -0.2) is 22.5 Å². The molecular weight excluding hydrogens is 216 g/mol. The molecule has 1 aromatic rings. The fraction of sp³-hybridized carbons (Fsp3) is 0.538. The Morgan fingerprint density at radius 1 is 0.938 bits per heavy atom. The Hall–Kier alpha value is -0.643. The molecule has 0 radical (unpaired) electrons. The summed E-state index contributed by atoms with van der Waals surface area (Å²) in [5.74, 6) is 0. The molecule has 0 N–H and O–H groups in total. The van der Waals surface area contributed by atoms with Crippen molar-refractivity contribution in [3.63, 3.8) is 0 Å². The molecule has 16 heavy (non-hydrogen) atoms. The van der Waals surface area contributed by atoms with Crippen molar-refractivity contribution >= 4 is 10.2 Å². The summed E-state index contributed by atoms with van der Waals surface area (Å²) in [5.41, 5.74) is 0.591. The highest BCUT2D eigenvalue weighted by atomic mass is 28.1. The van der Waals surface area contributed by atoms with Crippen LogP contribution in [0.2, 0.25) is 0 Å². The molecule has 2 nitrogen and oxygen atoms in total. The summed E-state index contributed by atoms with van der Waals surface area (Å²) in [5, 5.41) is 0. The summed E-state index contributed by atoms with van der Waals surface area (Å²) in [6, 6.07) is 10.2. The monoisotopic (exact) mass is 238 g/mol. The minimum atomic E-state index is -0.524. The molecule has 0 aliphatic carbocycles. The van der Waals surface area contributed by atoms with E-state index in [1.165, 1.54) is 0 Å².